The molecule has 4 aromatic rings. The van der Waals surface area contributed by atoms with Crippen molar-refractivity contribution in [2.45, 2.75) is 6.42 Å². The molecule has 0 atom stereocenters. The van der Waals surface area contributed by atoms with Crippen LogP contribution in [0.5, 0.6) is 5.75 Å². The summed E-state index contributed by atoms with van der Waals surface area (Å²) in [5.74, 6) is 0.0663. The summed E-state index contributed by atoms with van der Waals surface area (Å²) in [6, 6.07) is 26.7. The molecule has 0 aliphatic rings. The van der Waals surface area contributed by atoms with E-state index in [1.54, 1.807) is 4.57 Å². The van der Waals surface area contributed by atoms with E-state index in [2.05, 4.69) is 0 Å². The second-order valence-corrected chi connectivity index (χ2v) is 5.98. The molecule has 3 heteroatoms. The maximum absolute atomic E-state index is 13.2. The molecule has 0 saturated heterocycles. The van der Waals surface area contributed by atoms with Crippen LogP contribution in [0.4, 0.5) is 0 Å². The highest BCUT2D eigenvalue weighted by molar-refractivity contribution is 5.87. The van der Waals surface area contributed by atoms with Crippen LogP contribution in [0.25, 0.3) is 16.6 Å². The minimum atomic E-state index is -0.189. The largest absolute Gasteiger partial charge is 0.507 e. The SMILES string of the molecule is O=c1c(Cc2ccccc2)c(O)c2ccccc2n1-c1ccccc1. The smallest absolute Gasteiger partial charge is 0.262 e. The molecule has 0 unspecified atom stereocenters. The Bertz CT molecular complexity index is 1080. The monoisotopic (exact) mass is 327 g/mol. The van der Waals surface area contributed by atoms with Crippen molar-refractivity contribution in [2.24, 2.45) is 0 Å². The number of aromatic hydroxyl groups is 1. The zero-order chi connectivity index (χ0) is 17.2. The topological polar surface area (TPSA) is 42.2 Å². The van der Waals surface area contributed by atoms with Gasteiger partial charge in [0.2, 0.25) is 0 Å². The van der Waals surface area contributed by atoms with Crippen LogP contribution in [-0.4, -0.2) is 9.67 Å². The molecule has 0 aliphatic carbocycles. The Balaban J connectivity index is 2.03. The average molecular weight is 327 g/mol. The molecule has 0 fully saturated rings. The van der Waals surface area contributed by atoms with Crippen molar-refractivity contribution in [3.63, 3.8) is 0 Å². The van der Waals surface area contributed by atoms with E-state index in [9.17, 15) is 9.90 Å². The molecule has 1 N–H and O–H groups in total. The van der Waals surface area contributed by atoms with Crippen LogP contribution >= 0.6 is 0 Å². The maximum Gasteiger partial charge on any atom is 0.262 e. The van der Waals surface area contributed by atoms with Crippen molar-refractivity contribution in [1.82, 2.24) is 4.57 Å². The van der Waals surface area contributed by atoms with Gasteiger partial charge in [-0.15, -0.1) is 0 Å². The van der Waals surface area contributed by atoms with Crippen molar-refractivity contribution in [1.29, 1.82) is 0 Å². The fourth-order valence-electron chi connectivity index (χ4n) is 3.17. The van der Waals surface area contributed by atoms with Gasteiger partial charge in [0.25, 0.3) is 5.56 Å². The fourth-order valence-corrected chi connectivity index (χ4v) is 3.17. The van der Waals surface area contributed by atoms with Crippen LogP contribution in [0.15, 0.2) is 89.7 Å². The molecule has 0 amide bonds. The summed E-state index contributed by atoms with van der Waals surface area (Å²) in [5.41, 5.74) is 2.70. The quantitative estimate of drug-likeness (QED) is 0.610. The van der Waals surface area contributed by atoms with Crippen LogP contribution in [0.2, 0.25) is 0 Å². The lowest BCUT2D eigenvalue weighted by atomic mass is 10.0. The number of hydrogen-bond acceptors (Lipinski definition) is 2. The number of benzene rings is 3. The van der Waals surface area contributed by atoms with Crippen molar-refractivity contribution in [2.75, 3.05) is 0 Å². The van der Waals surface area contributed by atoms with Gasteiger partial charge in [0.15, 0.2) is 0 Å². The Morgan fingerprint density at radius 2 is 1.36 bits per heavy atom. The molecule has 0 bridgehead atoms. The minimum absolute atomic E-state index is 0.0663. The lowest BCUT2D eigenvalue weighted by molar-refractivity contribution is 0.473. The summed E-state index contributed by atoms with van der Waals surface area (Å²) in [6.07, 6.45) is 0.392. The second kappa shape index (κ2) is 6.29. The average Bonchev–Trinajstić information content (AvgIpc) is 2.67. The Morgan fingerprint density at radius 3 is 2.08 bits per heavy atom. The molecule has 0 spiro atoms. The molecule has 122 valence electrons. The van der Waals surface area contributed by atoms with Crippen molar-refractivity contribution >= 4 is 10.9 Å². The molecule has 1 heterocycles. The highest BCUT2D eigenvalue weighted by Gasteiger charge is 2.17. The Morgan fingerprint density at radius 1 is 0.760 bits per heavy atom. The van der Waals surface area contributed by atoms with E-state index in [0.717, 1.165) is 11.3 Å². The first-order valence-electron chi connectivity index (χ1n) is 8.20. The molecule has 0 saturated carbocycles. The van der Waals surface area contributed by atoms with E-state index < -0.39 is 0 Å². The number of pyridine rings is 1. The molecular weight excluding hydrogens is 310 g/mol. The zero-order valence-corrected chi connectivity index (χ0v) is 13.6. The summed E-state index contributed by atoms with van der Waals surface area (Å²) in [4.78, 5) is 13.2. The molecule has 3 nitrogen and oxygen atoms in total. The van der Waals surface area contributed by atoms with Gasteiger partial charge in [-0.2, -0.15) is 0 Å². The van der Waals surface area contributed by atoms with Crippen LogP contribution in [0.1, 0.15) is 11.1 Å². The Labute approximate surface area is 145 Å². The molecule has 1 aromatic heterocycles. The first-order valence-corrected chi connectivity index (χ1v) is 8.20. The number of rotatable bonds is 3. The second-order valence-electron chi connectivity index (χ2n) is 5.98. The molecule has 0 radical (unpaired) electrons. The molecular formula is C22H17NO2. The van der Waals surface area contributed by atoms with Gasteiger partial charge in [0.1, 0.15) is 5.75 Å². The summed E-state index contributed by atoms with van der Waals surface area (Å²) in [7, 11) is 0. The number of aromatic nitrogens is 1. The number of fused-ring (bicyclic) bond motifs is 1. The first-order chi connectivity index (χ1) is 12.3. The molecule has 3 aromatic carbocycles. The van der Waals surface area contributed by atoms with Gasteiger partial charge in [-0.25, -0.2) is 0 Å². The third-order valence-electron chi connectivity index (χ3n) is 4.39. The van der Waals surface area contributed by atoms with E-state index >= 15 is 0 Å². The summed E-state index contributed by atoms with van der Waals surface area (Å²) in [6.45, 7) is 0. The van der Waals surface area contributed by atoms with Crippen molar-refractivity contribution in [3.8, 4) is 11.4 Å². The number of nitrogens with zero attached hydrogens (tertiary/aromatic N) is 1. The van der Waals surface area contributed by atoms with Gasteiger partial charge in [0.05, 0.1) is 11.1 Å². The molecule has 0 aliphatic heterocycles. The van der Waals surface area contributed by atoms with E-state index in [-0.39, 0.29) is 11.3 Å². The molecule has 25 heavy (non-hydrogen) atoms. The maximum atomic E-state index is 13.2. The van der Waals surface area contributed by atoms with Crippen molar-refractivity contribution in [3.05, 3.63) is 106 Å². The van der Waals surface area contributed by atoms with Crippen LogP contribution < -0.4 is 5.56 Å². The lowest BCUT2D eigenvalue weighted by Crippen LogP contribution is -2.23. The normalized spacial score (nSPS) is 10.9. The van der Waals surface area contributed by atoms with E-state index in [0.29, 0.717) is 22.9 Å². The van der Waals surface area contributed by atoms with Gasteiger partial charge in [-0.05, 0) is 29.8 Å². The third kappa shape index (κ3) is 2.70. The van der Waals surface area contributed by atoms with Gasteiger partial charge in [-0.1, -0.05) is 60.7 Å². The van der Waals surface area contributed by atoms with Crippen LogP contribution in [-0.2, 0) is 6.42 Å². The van der Waals surface area contributed by atoms with Crippen molar-refractivity contribution < 1.29 is 5.11 Å². The zero-order valence-electron chi connectivity index (χ0n) is 13.6. The van der Waals surface area contributed by atoms with Gasteiger partial charge in [-0.3, -0.25) is 9.36 Å². The Kier molecular flexibility index (Phi) is 3.82. The van der Waals surface area contributed by atoms with Crippen LogP contribution in [0.3, 0.4) is 0 Å². The van der Waals surface area contributed by atoms with Gasteiger partial charge >= 0.3 is 0 Å². The highest BCUT2D eigenvalue weighted by atomic mass is 16.3. The van der Waals surface area contributed by atoms with Gasteiger partial charge < -0.3 is 5.11 Å². The fraction of sp³-hybridized carbons (Fsp3) is 0.0455. The first kappa shape index (κ1) is 15.2. The number of hydrogen-bond donors (Lipinski definition) is 1. The summed E-state index contributed by atoms with van der Waals surface area (Å²) < 4.78 is 1.67. The van der Waals surface area contributed by atoms with Crippen LogP contribution in [0, 0.1) is 0 Å². The minimum Gasteiger partial charge on any atom is -0.507 e. The third-order valence-corrected chi connectivity index (χ3v) is 4.39. The van der Waals surface area contributed by atoms with E-state index in [4.69, 9.17) is 0 Å². The highest BCUT2D eigenvalue weighted by Crippen LogP contribution is 2.29. The van der Waals surface area contributed by atoms with Gasteiger partial charge in [0, 0.05) is 17.5 Å². The summed E-state index contributed by atoms with van der Waals surface area (Å²) >= 11 is 0. The van der Waals surface area contributed by atoms with E-state index in [1.807, 2.05) is 84.9 Å². The standard InChI is InChI=1S/C22H17NO2/c24-21-18-13-7-8-14-20(18)23(17-11-5-2-6-12-17)22(25)19(21)15-16-9-3-1-4-10-16/h1-14,24H,15H2. The predicted molar refractivity (Wildman–Crippen MR) is 100 cm³/mol. The number of para-hydroxylation sites is 2. The Hall–Kier alpha value is -3.33. The van der Waals surface area contributed by atoms with E-state index in [1.165, 1.54) is 0 Å². The summed E-state index contributed by atoms with van der Waals surface area (Å²) in [5, 5.41) is 11.4. The molecule has 4 rings (SSSR count). The lowest BCUT2D eigenvalue weighted by Gasteiger charge is -2.15. The predicted octanol–water partition coefficient (Wildman–Crippen LogP) is 4.29.